The predicted octanol–water partition coefficient (Wildman–Crippen LogP) is 20.4. The molecule has 73 heavy (non-hydrogen) atoms. The third-order valence-corrected chi connectivity index (χ3v) is 12.5. The van der Waals surface area contributed by atoms with Crippen LogP contribution >= 0.6 is 0 Å². The van der Waals surface area contributed by atoms with Crippen LogP contribution in [0.15, 0.2) is 122 Å². The average molecular weight is 1010 g/mol. The van der Waals surface area contributed by atoms with Crippen LogP contribution in [0.3, 0.4) is 0 Å². The molecule has 0 saturated heterocycles. The standard InChI is InChI=1S/C67H110O6/c1-4-7-10-13-16-19-22-25-28-31-32-33-34-37-39-42-45-48-51-54-57-60-66(69)72-63-64(73-67(70)61-58-55-52-49-46-43-40-36-30-27-24-21-18-15-12-9-6-3)62-71-65(68)59-56-53-50-47-44-41-38-35-29-26-23-20-17-14-11-8-5-2/h8-9,11-12,17-18,20-21,26-27,29-30,38,40-41,43,47,49-50,52,64H,4-7,10,13-16,19,22-25,28,31-37,39,42,44-46,48,51,53-63H2,1-3H3/b11-8-,12-9-,20-17-,21-18-,29-26-,30-27-,41-38-,43-40-,50-47-,52-49-. The summed E-state index contributed by atoms with van der Waals surface area (Å²) in [6.07, 6.45) is 83.6. The largest absolute Gasteiger partial charge is 0.462 e. The second kappa shape index (κ2) is 60.4. The Morgan fingerprint density at radius 2 is 0.534 bits per heavy atom. The van der Waals surface area contributed by atoms with Crippen molar-refractivity contribution in [3.05, 3.63) is 122 Å². The van der Waals surface area contributed by atoms with Gasteiger partial charge in [-0.2, -0.15) is 0 Å². The molecule has 0 spiro atoms. The molecule has 0 aromatic rings. The zero-order valence-electron chi connectivity index (χ0n) is 47.4. The van der Waals surface area contributed by atoms with E-state index in [0.717, 1.165) is 96.3 Å². The first kappa shape index (κ1) is 68.8. The molecule has 0 rings (SSSR count). The van der Waals surface area contributed by atoms with E-state index in [1.807, 2.05) is 0 Å². The van der Waals surface area contributed by atoms with E-state index in [4.69, 9.17) is 14.2 Å². The van der Waals surface area contributed by atoms with Gasteiger partial charge in [0.25, 0.3) is 0 Å². The second-order valence-electron chi connectivity index (χ2n) is 19.5. The van der Waals surface area contributed by atoms with Crippen LogP contribution in [-0.2, 0) is 28.6 Å². The molecule has 0 fully saturated rings. The molecule has 6 heteroatoms. The third-order valence-electron chi connectivity index (χ3n) is 12.5. The Hall–Kier alpha value is -4.19. The van der Waals surface area contributed by atoms with Gasteiger partial charge in [0.2, 0.25) is 0 Å². The van der Waals surface area contributed by atoms with Crippen molar-refractivity contribution in [2.45, 2.75) is 271 Å². The molecule has 1 unspecified atom stereocenters. The fraction of sp³-hybridized carbons (Fsp3) is 0.657. The molecule has 0 N–H and O–H groups in total. The Kier molecular flexibility index (Phi) is 56.9. The van der Waals surface area contributed by atoms with Crippen LogP contribution in [0.1, 0.15) is 265 Å². The second-order valence-corrected chi connectivity index (χ2v) is 19.5. The lowest BCUT2D eigenvalue weighted by molar-refractivity contribution is -0.167. The van der Waals surface area contributed by atoms with Crippen molar-refractivity contribution in [1.29, 1.82) is 0 Å². The van der Waals surface area contributed by atoms with Crippen LogP contribution in [0.5, 0.6) is 0 Å². The van der Waals surface area contributed by atoms with Crippen molar-refractivity contribution < 1.29 is 28.6 Å². The topological polar surface area (TPSA) is 78.9 Å². The summed E-state index contributed by atoms with van der Waals surface area (Å²) in [6, 6.07) is 0. The van der Waals surface area contributed by atoms with Crippen molar-refractivity contribution in [2.75, 3.05) is 13.2 Å². The Bertz CT molecular complexity index is 1540. The molecule has 0 bridgehead atoms. The number of hydrogen-bond donors (Lipinski definition) is 0. The first-order valence-electron chi connectivity index (χ1n) is 30.0. The lowest BCUT2D eigenvalue weighted by Gasteiger charge is -2.18. The van der Waals surface area contributed by atoms with E-state index in [9.17, 15) is 14.4 Å². The molecule has 0 aliphatic rings. The van der Waals surface area contributed by atoms with Crippen LogP contribution in [0.2, 0.25) is 0 Å². The number of esters is 3. The van der Waals surface area contributed by atoms with Gasteiger partial charge in [0.1, 0.15) is 13.2 Å². The smallest absolute Gasteiger partial charge is 0.306 e. The SMILES string of the molecule is CC/C=C\C/C=C\C/C=C\C/C=C\C/C=C\CCCC(=O)OCC(COC(=O)CCCCCCCCCCCCCCCCCCCCCCC)OC(=O)CCC/C=C\C/C=C\C/C=C\C/C=C\C/C=C\CC. The third kappa shape index (κ3) is 58.6. The summed E-state index contributed by atoms with van der Waals surface area (Å²) in [4.78, 5) is 38.2. The number of allylic oxidation sites excluding steroid dienone is 20. The molecule has 0 aromatic heterocycles. The quantitative estimate of drug-likeness (QED) is 0.0261. The maximum absolute atomic E-state index is 12.9. The highest BCUT2D eigenvalue weighted by Crippen LogP contribution is 2.16. The molecular formula is C67H110O6. The maximum Gasteiger partial charge on any atom is 0.306 e. The summed E-state index contributed by atoms with van der Waals surface area (Å²) < 4.78 is 16.8. The Balaban J connectivity index is 4.51. The molecule has 0 radical (unpaired) electrons. The highest BCUT2D eigenvalue weighted by atomic mass is 16.6. The lowest BCUT2D eigenvalue weighted by Crippen LogP contribution is -2.30. The van der Waals surface area contributed by atoms with Crippen LogP contribution in [0.25, 0.3) is 0 Å². The summed E-state index contributed by atoms with van der Waals surface area (Å²) in [5, 5.41) is 0. The van der Waals surface area contributed by atoms with Gasteiger partial charge in [0.15, 0.2) is 6.10 Å². The minimum absolute atomic E-state index is 0.119. The molecule has 414 valence electrons. The molecule has 0 saturated carbocycles. The Labute approximate surface area is 450 Å². The van der Waals surface area contributed by atoms with Gasteiger partial charge in [-0.3, -0.25) is 14.4 Å². The zero-order valence-corrected chi connectivity index (χ0v) is 47.4. The van der Waals surface area contributed by atoms with Gasteiger partial charge in [0, 0.05) is 19.3 Å². The van der Waals surface area contributed by atoms with Gasteiger partial charge < -0.3 is 14.2 Å². The van der Waals surface area contributed by atoms with Crippen molar-refractivity contribution in [3.8, 4) is 0 Å². The maximum atomic E-state index is 12.9. The zero-order chi connectivity index (χ0) is 52.9. The van der Waals surface area contributed by atoms with Crippen molar-refractivity contribution in [1.82, 2.24) is 0 Å². The number of carbonyl (C=O) groups is 3. The van der Waals surface area contributed by atoms with Crippen LogP contribution in [-0.4, -0.2) is 37.2 Å². The fourth-order valence-corrected chi connectivity index (χ4v) is 8.04. The monoisotopic (exact) mass is 1010 g/mol. The summed E-state index contributed by atoms with van der Waals surface area (Å²) in [5.74, 6) is -1.04. The van der Waals surface area contributed by atoms with Crippen LogP contribution in [0, 0.1) is 0 Å². The predicted molar refractivity (Wildman–Crippen MR) is 316 cm³/mol. The van der Waals surface area contributed by atoms with E-state index < -0.39 is 6.10 Å². The molecule has 0 amide bonds. The normalized spacial score (nSPS) is 13.0. The molecule has 0 aliphatic carbocycles. The van der Waals surface area contributed by atoms with Gasteiger partial charge in [-0.15, -0.1) is 0 Å². The number of ether oxygens (including phenoxy) is 3. The molecule has 6 nitrogen and oxygen atoms in total. The van der Waals surface area contributed by atoms with E-state index in [2.05, 4.69) is 142 Å². The van der Waals surface area contributed by atoms with Gasteiger partial charge in [-0.25, -0.2) is 0 Å². The first-order chi connectivity index (χ1) is 36.0. The van der Waals surface area contributed by atoms with E-state index in [1.165, 1.54) is 116 Å². The number of unbranched alkanes of at least 4 members (excludes halogenated alkanes) is 22. The van der Waals surface area contributed by atoms with Gasteiger partial charge in [-0.05, 0) is 96.3 Å². The lowest BCUT2D eigenvalue weighted by atomic mass is 10.0. The van der Waals surface area contributed by atoms with Gasteiger partial charge in [0.05, 0.1) is 0 Å². The summed E-state index contributed by atoms with van der Waals surface area (Å²) in [7, 11) is 0. The van der Waals surface area contributed by atoms with Gasteiger partial charge in [-0.1, -0.05) is 271 Å². The Morgan fingerprint density at radius 3 is 0.836 bits per heavy atom. The van der Waals surface area contributed by atoms with E-state index in [1.54, 1.807) is 0 Å². The van der Waals surface area contributed by atoms with Crippen LogP contribution < -0.4 is 0 Å². The fourth-order valence-electron chi connectivity index (χ4n) is 8.04. The van der Waals surface area contributed by atoms with Gasteiger partial charge >= 0.3 is 17.9 Å². The first-order valence-corrected chi connectivity index (χ1v) is 30.0. The number of hydrogen-bond acceptors (Lipinski definition) is 6. The molecular weight excluding hydrogens is 901 g/mol. The van der Waals surface area contributed by atoms with Crippen molar-refractivity contribution in [2.24, 2.45) is 0 Å². The number of carbonyl (C=O) groups excluding carboxylic acids is 3. The Morgan fingerprint density at radius 1 is 0.288 bits per heavy atom. The summed E-state index contributed by atoms with van der Waals surface area (Å²) >= 11 is 0. The van der Waals surface area contributed by atoms with E-state index in [-0.39, 0.29) is 44.0 Å². The van der Waals surface area contributed by atoms with E-state index in [0.29, 0.717) is 19.3 Å². The van der Waals surface area contributed by atoms with Crippen molar-refractivity contribution in [3.63, 3.8) is 0 Å². The molecule has 0 heterocycles. The highest BCUT2D eigenvalue weighted by molar-refractivity contribution is 5.71. The minimum Gasteiger partial charge on any atom is -0.462 e. The molecule has 1 atom stereocenters. The highest BCUT2D eigenvalue weighted by Gasteiger charge is 2.19. The summed E-state index contributed by atoms with van der Waals surface area (Å²) in [6.45, 7) is 6.33. The number of rotatable bonds is 53. The molecule has 0 aliphatic heterocycles. The van der Waals surface area contributed by atoms with Crippen molar-refractivity contribution >= 4 is 17.9 Å². The minimum atomic E-state index is -0.834. The average Bonchev–Trinajstić information content (AvgIpc) is 3.39. The van der Waals surface area contributed by atoms with E-state index >= 15 is 0 Å². The van der Waals surface area contributed by atoms with Crippen LogP contribution in [0.4, 0.5) is 0 Å². The molecule has 0 aromatic carbocycles. The summed E-state index contributed by atoms with van der Waals surface area (Å²) in [5.41, 5.74) is 0.